The van der Waals surface area contributed by atoms with E-state index in [4.69, 9.17) is 20.2 Å². The molecular formula is C15H19N3O5. The number of ether oxygens (including phenoxy) is 1. The highest BCUT2D eigenvalue weighted by molar-refractivity contribution is 5.40. The van der Waals surface area contributed by atoms with Gasteiger partial charge in [0.1, 0.15) is 30.1 Å². The SMILES string of the molecule is N#Cc1ncn([C@@H]2O[C@H](CO)[C@@H](O)[C@H]2O)c1C#CCCCCO. The maximum absolute atomic E-state index is 10.1. The second kappa shape index (κ2) is 8.06. The molecule has 0 saturated carbocycles. The topological polar surface area (TPSA) is 132 Å². The van der Waals surface area contributed by atoms with Gasteiger partial charge >= 0.3 is 0 Å². The van der Waals surface area contributed by atoms with Gasteiger partial charge in [-0.1, -0.05) is 5.92 Å². The summed E-state index contributed by atoms with van der Waals surface area (Å²) in [6.45, 7) is -0.331. The first-order valence-corrected chi connectivity index (χ1v) is 7.33. The third-order valence-electron chi connectivity index (χ3n) is 3.61. The largest absolute Gasteiger partial charge is 0.396 e. The number of aliphatic hydroxyl groups excluding tert-OH is 4. The molecule has 4 atom stereocenters. The summed E-state index contributed by atoms with van der Waals surface area (Å²) in [5.41, 5.74) is 0.378. The molecule has 0 bridgehead atoms. The standard InChI is InChI=1S/C15H19N3O5/c16-7-10-11(5-3-1-2-4-6-19)18(9-17-10)15-14(22)13(21)12(8-20)23-15/h9,12-15,19-22H,1-2,4,6,8H2/t12-,13-,14-,15-/m1/s1. The van der Waals surface area contributed by atoms with Gasteiger partial charge in [0.2, 0.25) is 0 Å². The number of rotatable bonds is 5. The molecule has 0 unspecified atom stereocenters. The van der Waals surface area contributed by atoms with Crippen molar-refractivity contribution in [3.63, 3.8) is 0 Å². The Morgan fingerprint density at radius 2 is 2.04 bits per heavy atom. The van der Waals surface area contributed by atoms with E-state index in [0.717, 1.165) is 6.42 Å². The lowest BCUT2D eigenvalue weighted by atomic mass is 10.1. The molecule has 8 nitrogen and oxygen atoms in total. The van der Waals surface area contributed by atoms with Gasteiger partial charge < -0.3 is 25.2 Å². The molecule has 1 aliphatic rings. The summed E-state index contributed by atoms with van der Waals surface area (Å²) in [4.78, 5) is 3.93. The van der Waals surface area contributed by atoms with E-state index in [1.807, 2.05) is 6.07 Å². The van der Waals surface area contributed by atoms with Crippen molar-refractivity contribution in [2.75, 3.05) is 13.2 Å². The van der Waals surface area contributed by atoms with Crippen LogP contribution in [0.3, 0.4) is 0 Å². The number of aromatic nitrogens is 2. The quantitative estimate of drug-likeness (QED) is 0.399. The van der Waals surface area contributed by atoms with Gasteiger partial charge in [-0.3, -0.25) is 4.57 Å². The first kappa shape index (κ1) is 17.4. The van der Waals surface area contributed by atoms with Crippen LogP contribution in [0, 0.1) is 23.2 Å². The fraction of sp³-hybridized carbons (Fsp3) is 0.600. The molecule has 23 heavy (non-hydrogen) atoms. The van der Waals surface area contributed by atoms with Gasteiger partial charge in [-0.05, 0) is 18.8 Å². The van der Waals surface area contributed by atoms with Crippen molar-refractivity contribution in [3.05, 3.63) is 17.7 Å². The average Bonchev–Trinajstić information content (AvgIpc) is 3.09. The monoisotopic (exact) mass is 321 g/mol. The maximum Gasteiger partial charge on any atom is 0.174 e. The molecule has 1 aromatic heterocycles. The molecule has 0 aromatic carbocycles. The van der Waals surface area contributed by atoms with E-state index < -0.39 is 31.1 Å². The highest BCUT2D eigenvalue weighted by atomic mass is 16.6. The average molecular weight is 321 g/mol. The molecule has 0 amide bonds. The molecule has 2 heterocycles. The van der Waals surface area contributed by atoms with Crippen LogP contribution in [0.2, 0.25) is 0 Å². The van der Waals surface area contributed by atoms with Crippen molar-refractivity contribution in [3.8, 4) is 17.9 Å². The molecular weight excluding hydrogens is 302 g/mol. The van der Waals surface area contributed by atoms with Crippen molar-refractivity contribution in [2.45, 2.75) is 43.8 Å². The zero-order chi connectivity index (χ0) is 16.8. The van der Waals surface area contributed by atoms with E-state index in [1.165, 1.54) is 10.9 Å². The summed E-state index contributed by atoms with van der Waals surface area (Å²) in [6.07, 6.45) is -1.14. The van der Waals surface area contributed by atoms with Crippen LogP contribution in [0.15, 0.2) is 6.33 Å². The molecule has 4 N–H and O–H groups in total. The predicted octanol–water partition coefficient (Wildman–Crippen LogP) is -1.12. The maximum atomic E-state index is 10.1. The molecule has 8 heteroatoms. The van der Waals surface area contributed by atoms with Gasteiger partial charge in [-0.25, -0.2) is 4.98 Å². The van der Waals surface area contributed by atoms with Crippen LogP contribution in [0.25, 0.3) is 0 Å². The van der Waals surface area contributed by atoms with Crippen LogP contribution in [0.4, 0.5) is 0 Å². The summed E-state index contributed by atoms with van der Waals surface area (Å²) in [7, 11) is 0. The Bertz CT molecular complexity index is 627. The Kier molecular flexibility index (Phi) is 6.11. The highest BCUT2D eigenvalue weighted by Crippen LogP contribution is 2.30. The smallest absolute Gasteiger partial charge is 0.174 e. The first-order valence-electron chi connectivity index (χ1n) is 7.33. The van der Waals surface area contributed by atoms with Crippen molar-refractivity contribution in [1.29, 1.82) is 5.26 Å². The molecule has 1 saturated heterocycles. The molecule has 124 valence electrons. The zero-order valence-electron chi connectivity index (χ0n) is 12.5. The minimum atomic E-state index is -1.26. The van der Waals surface area contributed by atoms with E-state index in [1.54, 1.807) is 0 Å². The van der Waals surface area contributed by atoms with Gasteiger partial charge in [-0.15, -0.1) is 0 Å². The Morgan fingerprint density at radius 1 is 1.26 bits per heavy atom. The van der Waals surface area contributed by atoms with Gasteiger partial charge in [-0.2, -0.15) is 5.26 Å². The Morgan fingerprint density at radius 3 is 2.65 bits per heavy atom. The molecule has 0 aliphatic carbocycles. The highest BCUT2D eigenvalue weighted by Gasteiger charge is 2.44. The van der Waals surface area contributed by atoms with Crippen molar-refractivity contribution >= 4 is 0 Å². The van der Waals surface area contributed by atoms with E-state index in [9.17, 15) is 10.2 Å². The van der Waals surface area contributed by atoms with Crippen molar-refractivity contribution < 1.29 is 25.2 Å². The number of hydrogen-bond acceptors (Lipinski definition) is 7. The molecule has 1 fully saturated rings. The third-order valence-corrected chi connectivity index (χ3v) is 3.61. The Labute approximate surface area is 133 Å². The van der Waals surface area contributed by atoms with Crippen LogP contribution in [-0.4, -0.2) is 61.5 Å². The van der Waals surface area contributed by atoms with Crippen LogP contribution in [-0.2, 0) is 4.74 Å². The third kappa shape index (κ3) is 3.70. The first-order chi connectivity index (χ1) is 11.1. The molecule has 2 rings (SSSR count). The summed E-state index contributed by atoms with van der Waals surface area (Å²) in [5.74, 6) is 5.72. The summed E-state index contributed by atoms with van der Waals surface area (Å²) >= 11 is 0. The predicted molar refractivity (Wildman–Crippen MR) is 77.8 cm³/mol. The van der Waals surface area contributed by atoms with E-state index in [2.05, 4.69) is 16.8 Å². The number of imidazole rings is 1. The van der Waals surface area contributed by atoms with Crippen LogP contribution < -0.4 is 0 Å². The minimum absolute atomic E-state index is 0.0948. The van der Waals surface area contributed by atoms with Crippen LogP contribution >= 0.6 is 0 Å². The molecule has 1 aliphatic heterocycles. The fourth-order valence-electron chi connectivity index (χ4n) is 2.34. The lowest BCUT2D eigenvalue weighted by molar-refractivity contribution is -0.0531. The number of aliphatic hydroxyl groups is 4. The minimum Gasteiger partial charge on any atom is -0.396 e. The number of nitrogens with zero attached hydrogens (tertiary/aromatic N) is 3. The lowest BCUT2D eigenvalue weighted by Gasteiger charge is -2.17. The van der Waals surface area contributed by atoms with Gasteiger partial charge in [0.05, 0.1) is 12.9 Å². The zero-order valence-corrected chi connectivity index (χ0v) is 12.5. The van der Waals surface area contributed by atoms with Crippen molar-refractivity contribution in [1.82, 2.24) is 9.55 Å². The van der Waals surface area contributed by atoms with E-state index in [-0.39, 0.29) is 18.0 Å². The van der Waals surface area contributed by atoms with Crippen LogP contribution in [0.1, 0.15) is 36.9 Å². The number of unbranched alkanes of at least 4 members (excludes halogenated alkanes) is 2. The van der Waals surface area contributed by atoms with Crippen LogP contribution in [0.5, 0.6) is 0 Å². The van der Waals surface area contributed by atoms with Gasteiger partial charge in [0, 0.05) is 13.0 Å². The Hall–Kier alpha value is -1.94. The molecule has 0 spiro atoms. The molecule has 0 radical (unpaired) electrons. The van der Waals surface area contributed by atoms with Crippen molar-refractivity contribution in [2.24, 2.45) is 0 Å². The summed E-state index contributed by atoms with van der Waals surface area (Å²) in [6, 6.07) is 1.92. The van der Waals surface area contributed by atoms with E-state index in [0.29, 0.717) is 12.8 Å². The summed E-state index contributed by atoms with van der Waals surface area (Å²) in [5, 5.41) is 46.9. The van der Waals surface area contributed by atoms with Gasteiger partial charge in [0.15, 0.2) is 11.9 Å². The Balaban J connectivity index is 2.23. The fourth-order valence-corrected chi connectivity index (χ4v) is 2.34. The lowest BCUT2D eigenvalue weighted by Crippen LogP contribution is -2.33. The summed E-state index contributed by atoms with van der Waals surface area (Å²) < 4.78 is 6.82. The number of nitriles is 1. The van der Waals surface area contributed by atoms with E-state index >= 15 is 0 Å². The second-order valence-electron chi connectivity index (χ2n) is 5.17. The second-order valence-corrected chi connectivity index (χ2v) is 5.17. The molecule has 1 aromatic rings. The number of hydrogen-bond donors (Lipinski definition) is 4. The van der Waals surface area contributed by atoms with Gasteiger partial charge in [0.25, 0.3) is 0 Å². The normalized spacial score (nSPS) is 26.6.